The number of benzene rings is 2. The molecule has 2 aromatic carbocycles. The van der Waals surface area contributed by atoms with Crippen LogP contribution in [0.3, 0.4) is 0 Å². The summed E-state index contributed by atoms with van der Waals surface area (Å²) in [5, 5.41) is 49.4. The Hall–Kier alpha value is -4.51. The number of nitriles is 5. The number of hydrogen-bond donors (Lipinski definition) is 2. The lowest BCUT2D eigenvalue weighted by Crippen LogP contribution is -2.06. The summed E-state index contributed by atoms with van der Waals surface area (Å²) in [5.41, 5.74) is 5.56. The topological polar surface area (TPSA) is 157 Å². The second-order valence-corrected chi connectivity index (χ2v) is 4.56. The second kappa shape index (κ2) is 6.50. The lowest BCUT2D eigenvalue weighted by atomic mass is 9.91. The number of nitrogens with one attached hydrogen (secondary N) is 1. The standard InChI is InChI=1S/C17H7N7/c18-5-12-13(6-19)15(8-21)17(16(9-22)14(12)7-20)24-11-3-1-10(23)2-4-11/h1-4,24H,23H2. The van der Waals surface area contributed by atoms with Crippen LogP contribution in [0.15, 0.2) is 24.3 Å². The van der Waals surface area contributed by atoms with Crippen molar-refractivity contribution in [2.45, 2.75) is 0 Å². The van der Waals surface area contributed by atoms with Crippen molar-refractivity contribution >= 4 is 17.1 Å². The monoisotopic (exact) mass is 309 g/mol. The first kappa shape index (κ1) is 15.9. The SMILES string of the molecule is N#Cc1c(C#N)c(C#N)c(Nc2ccc(N)cc2)c(C#N)c1C#N. The van der Waals surface area contributed by atoms with Gasteiger partial charge in [0, 0.05) is 11.4 Å². The molecule has 0 heterocycles. The van der Waals surface area contributed by atoms with Crippen molar-refractivity contribution in [1.82, 2.24) is 0 Å². The van der Waals surface area contributed by atoms with Crippen LogP contribution in [0.4, 0.5) is 17.1 Å². The Labute approximate surface area is 137 Å². The van der Waals surface area contributed by atoms with Crippen molar-refractivity contribution in [1.29, 1.82) is 26.3 Å². The third kappa shape index (κ3) is 2.51. The maximum atomic E-state index is 9.39. The number of hydrogen-bond acceptors (Lipinski definition) is 7. The van der Waals surface area contributed by atoms with Gasteiger partial charge >= 0.3 is 0 Å². The summed E-state index contributed by atoms with van der Waals surface area (Å²) in [7, 11) is 0. The van der Waals surface area contributed by atoms with E-state index in [4.69, 9.17) is 5.73 Å². The van der Waals surface area contributed by atoms with E-state index >= 15 is 0 Å². The Morgan fingerprint density at radius 2 is 1.00 bits per heavy atom. The van der Waals surface area contributed by atoms with Crippen LogP contribution in [-0.4, -0.2) is 0 Å². The lowest BCUT2D eigenvalue weighted by molar-refractivity contribution is 1.33. The number of nitrogen functional groups attached to an aromatic ring is 1. The van der Waals surface area contributed by atoms with Crippen molar-refractivity contribution < 1.29 is 0 Å². The fourth-order valence-electron chi connectivity index (χ4n) is 2.14. The zero-order chi connectivity index (χ0) is 17.7. The van der Waals surface area contributed by atoms with Gasteiger partial charge in [0.25, 0.3) is 0 Å². The third-order valence-electron chi connectivity index (χ3n) is 3.24. The molecule has 3 N–H and O–H groups in total. The zero-order valence-corrected chi connectivity index (χ0v) is 12.1. The molecule has 0 saturated carbocycles. The Bertz CT molecular complexity index is 977. The van der Waals surface area contributed by atoms with E-state index in [0.29, 0.717) is 11.4 Å². The molecule has 0 radical (unpaired) electrons. The van der Waals surface area contributed by atoms with Gasteiger partial charge in [0.05, 0.1) is 33.5 Å². The fourth-order valence-corrected chi connectivity index (χ4v) is 2.14. The summed E-state index contributed by atoms with van der Waals surface area (Å²) < 4.78 is 0. The normalized spacial score (nSPS) is 8.79. The minimum absolute atomic E-state index is 0.0110. The first-order chi connectivity index (χ1) is 11.6. The molecule has 0 saturated heterocycles. The van der Waals surface area contributed by atoms with Gasteiger partial charge in [-0.1, -0.05) is 0 Å². The molecule has 24 heavy (non-hydrogen) atoms. The molecule has 0 aliphatic carbocycles. The fraction of sp³-hybridized carbons (Fsp3) is 0. The van der Waals surface area contributed by atoms with Gasteiger partial charge in [-0.25, -0.2) is 0 Å². The summed E-state index contributed by atoms with van der Waals surface area (Å²) in [6.07, 6.45) is 0. The molecule has 0 unspecified atom stereocenters. The van der Waals surface area contributed by atoms with E-state index in [9.17, 15) is 26.3 Å². The minimum atomic E-state index is -0.282. The first-order valence-corrected chi connectivity index (χ1v) is 6.48. The number of nitrogens with zero attached hydrogens (tertiary/aromatic N) is 5. The number of anilines is 3. The van der Waals surface area contributed by atoms with Gasteiger partial charge in [0.2, 0.25) is 0 Å². The smallest absolute Gasteiger partial charge is 0.103 e. The first-order valence-electron chi connectivity index (χ1n) is 6.48. The molecule has 0 aliphatic heterocycles. The van der Waals surface area contributed by atoms with Crippen LogP contribution in [0.25, 0.3) is 0 Å². The highest BCUT2D eigenvalue weighted by Gasteiger charge is 2.24. The van der Waals surface area contributed by atoms with Gasteiger partial charge in [-0.3, -0.25) is 0 Å². The quantitative estimate of drug-likeness (QED) is 0.806. The van der Waals surface area contributed by atoms with Gasteiger partial charge < -0.3 is 11.1 Å². The van der Waals surface area contributed by atoms with E-state index in [1.807, 2.05) is 12.1 Å². The molecule has 0 atom stereocenters. The Kier molecular flexibility index (Phi) is 4.30. The van der Waals surface area contributed by atoms with Gasteiger partial charge in [-0.15, -0.1) is 0 Å². The van der Waals surface area contributed by atoms with Crippen molar-refractivity contribution in [2.75, 3.05) is 11.1 Å². The molecule has 2 aromatic rings. The molecule has 0 amide bonds. The average Bonchev–Trinajstić information content (AvgIpc) is 2.61. The van der Waals surface area contributed by atoms with Gasteiger partial charge in [-0.2, -0.15) is 26.3 Å². The predicted octanol–water partition coefficient (Wildman–Crippen LogP) is 2.37. The van der Waals surface area contributed by atoms with E-state index in [1.54, 1.807) is 42.5 Å². The van der Waals surface area contributed by atoms with Gasteiger partial charge in [0.1, 0.15) is 30.3 Å². The molecule has 0 aliphatic rings. The van der Waals surface area contributed by atoms with E-state index in [-0.39, 0.29) is 33.5 Å². The van der Waals surface area contributed by atoms with Crippen molar-refractivity contribution in [3.63, 3.8) is 0 Å². The van der Waals surface area contributed by atoms with Crippen LogP contribution in [0.2, 0.25) is 0 Å². The Morgan fingerprint density at radius 3 is 1.38 bits per heavy atom. The second-order valence-electron chi connectivity index (χ2n) is 4.56. The summed E-state index contributed by atoms with van der Waals surface area (Å²) >= 11 is 0. The number of rotatable bonds is 2. The Morgan fingerprint density at radius 1 is 0.625 bits per heavy atom. The van der Waals surface area contributed by atoms with E-state index < -0.39 is 0 Å². The molecule has 0 aromatic heterocycles. The van der Waals surface area contributed by atoms with Gasteiger partial charge in [0.15, 0.2) is 0 Å². The zero-order valence-electron chi connectivity index (χ0n) is 12.1. The number of nitrogens with two attached hydrogens (primary N) is 1. The summed E-state index contributed by atoms with van der Waals surface area (Å²) in [6.45, 7) is 0. The molecule has 7 nitrogen and oxygen atoms in total. The van der Waals surface area contributed by atoms with E-state index in [1.165, 1.54) is 0 Å². The average molecular weight is 309 g/mol. The minimum Gasteiger partial charge on any atom is -0.399 e. The van der Waals surface area contributed by atoms with Crippen LogP contribution in [0.1, 0.15) is 27.8 Å². The lowest BCUT2D eigenvalue weighted by Gasteiger charge is -2.14. The van der Waals surface area contributed by atoms with Crippen LogP contribution in [0.5, 0.6) is 0 Å². The Balaban J connectivity index is 2.85. The van der Waals surface area contributed by atoms with Crippen LogP contribution >= 0.6 is 0 Å². The maximum Gasteiger partial charge on any atom is 0.103 e. The molecule has 0 spiro atoms. The molecule has 7 heteroatoms. The molecule has 110 valence electrons. The highest BCUT2D eigenvalue weighted by Crippen LogP contribution is 2.33. The van der Waals surface area contributed by atoms with Crippen LogP contribution in [0, 0.1) is 56.7 Å². The summed E-state index contributed by atoms with van der Waals surface area (Å²) in [5.74, 6) is 0. The van der Waals surface area contributed by atoms with Crippen LogP contribution in [-0.2, 0) is 0 Å². The summed E-state index contributed by atoms with van der Waals surface area (Å²) in [6, 6.07) is 15.4. The third-order valence-corrected chi connectivity index (χ3v) is 3.24. The van der Waals surface area contributed by atoms with Crippen molar-refractivity contribution in [3.8, 4) is 30.3 Å². The molecule has 0 fully saturated rings. The molecular weight excluding hydrogens is 302 g/mol. The van der Waals surface area contributed by atoms with E-state index in [0.717, 1.165) is 0 Å². The highest BCUT2D eigenvalue weighted by atomic mass is 14.9. The van der Waals surface area contributed by atoms with Crippen LogP contribution < -0.4 is 11.1 Å². The van der Waals surface area contributed by atoms with Crippen molar-refractivity contribution in [3.05, 3.63) is 52.1 Å². The molecular formula is C17H7N7. The highest BCUT2D eigenvalue weighted by molar-refractivity contribution is 5.82. The molecule has 0 bridgehead atoms. The predicted molar refractivity (Wildman–Crippen MR) is 84.2 cm³/mol. The largest absolute Gasteiger partial charge is 0.399 e. The van der Waals surface area contributed by atoms with Gasteiger partial charge in [-0.05, 0) is 24.3 Å². The van der Waals surface area contributed by atoms with Crippen molar-refractivity contribution in [2.24, 2.45) is 0 Å². The van der Waals surface area contributed by atoms with E-state index in [2.05, 4.69) is 5.32 Å². The summed E-state index contributed by atoms with van der Waals surface area (Å²) in [4.78, 5) is 0. The molecule has 2 rings (SSSR count). The maximum absolute atomic E-state index is 9.39.